The summed E-state index contributed by atoms with van der Waals surface area (Å²) in [5.74, 6) is 2.91. The molecule has 1 aliphatic carbocycles. The minimum absolute atomic E-state index is 0.422. The molecule has 4 heteroatoms. The highest BCUT2D eigenvalue weighted by Gasteiger charge is 2.29. The van der Waals surface area contributed by atoms with E-state index in [0.29, 0.717) is 5.92 Å². The summed E-state index contributed by atoms with van der Waals surface area (Å²) in [6.07, 6.45) is 9.01. The third kappa shape index (κ3) is 3.86. The molecule has 24 heavy (non-hydrogen) atoms. The van der Waals surface area contributed by atoms with Gasteiger partial charge in [-0.25, -0.2) is 0 Å². The lowest BCUT2D eigenvalue weighted by molar-refractivity contribution is 0.230. The van der Waals surface area contributed by atoms with Gasteiger partial charge in [-0.15, -0.1) is 10.2 Å². The molecule has 2 heterocycles. The van der Waals surface area contributed by atoms with Crippen molar-refractivity contribution in [3.63, 3.8) is 0 Å². The zero-order chi connectivity index (χ0) is 16.2. The molecular weight excluding hydrogens is 298 g/mol. The molecule has 1 atom stereocenters. The van der Waals surface area contributed by atoms with E-state index in [0.717, 1.165) is 37.1 Å². The minimum atomic E-state index is 0.422. The van der Waals surface area contributed by atoms with E-state index in [9.17, 15) is 0 Å². The van der Waals surface area contributed by atoms with Crippen molar-refractivity contribution in [2.45, 2.75) is 50.9 Å². The van der Waals surface area contributed by atoms with Gasteiger partial charge in [0, 0.05) is 13.1 Å². The quantitative estimate of drug-likeness (QED) is 0.832. The molecule has 0 spiro atoms. The molecule has 1 saturated carbocycles. The van der Waals surface area contributed by atoms with E-state index < -0.39 is 0 Å². The molecule has 0 radical (unpaired) electrons. The van der Waals surface area contributed by atoms with Gasteiger partial charge in [0.1, 0.15) is 0 Å². The predicted molar refractivity (Wildman–Crippen MR) is 93.9 cm³/mol. The summed E-state index contributed by atoms with van der Waals surface area (Å²) in [5.41, 5.74) is 1.22. The highest BCUT2D eigenvalue weighted by atomic mass is 16.4. The van der Waals surface area contributed by atoms with Crippen molar-refractivity contribution < 1.29 is 4.42 Å². The first-order valence-corrected chi connectivity index (χ1v) is 9.45. The molecule has 0 bridgehead atoms. The Morgan fingerprint density at radius 2 is 1.83 bits per heavy atom. The molecule has 1 unspecified atom stereocenters. The first kappa shape index (κ1) is 15.8. The maximum atomic E-state index is 5.96. The van der Waals surface area contributed by atoms with E-state index in [1.807, 2.05) is 18.2 Å². The number of benzene rings is 1. The smallest absolute Gasteiger partial charge is 0.220 e. The zero-order valence-electron chi connectivity index (χ0n) is 14.4. The van der Waals surface area contributed by atoms with Crippen LogP contribution in [0.15, 0.2) is 34.7 Å². The van der Waals surface area contributed by atoms with Crippen molar-refractivity contribution in [3.8, 4) is 0 Å². The number of hydrogen-bond donors (Lipinski definition) is 0. The molecule has 1 aliphatic heterocycles. The Labute approximate surface area is 144 Å². The molecule has 4 rings (SSSR count). The molecule has 4 nitrogen and oxygen atoms in total. The number of hydrogen-bond acceptors (Lipinski definition) is 4. The molecule has 1 aromatic carbocycles. The van der Waals surface area contributed by atoms with Crippen LogP contribution in [0.3, 0.4) is 0 Å². The third-order valence-electron chi connectivity index (χ3n) is 5.54. The molecule has 2 fully saturated rings. The lowest BCUT2D eigenvalue weighted by atomic mass is 9.89. The van der Waals surface area contributed by atoms with Gasteiger partial charge in [0.05, 0.1) is 12.3 Å². The SMILES string of the molecule is c1ccc(Cc2nnc(C3CCN(CC4CCCCC4)C3)o2)cc1. The van der Waals surface area contributed by atoms with E-state index in [4.69, 9.17) is 4.42 Å². The fourth-order valence-electron chi connectivity index (χ4n) is 4.21. The van der Waals surface area contributed by atoms with Crippen LogP contribution in [-0.4, -0.2) is 34.7 Å². The Bertz CT molecular complexity index is 633. The standard InChI is InChI=1S/C20H27N3O/c1-3-7-16(8-4-1)13-19-21-22-20(24-19)18-11-12-23(15-18)14-17-9-5-2-6-10-17/h1,3-4,7-8,17-18H,2,5-6,9-15H2. The van der Waals surface area contributed by atoms with Gasteiger partial charge in [-0.1, -0.05) is 49.6 Å². The van der Waals surface area contributed by atoms with E-state index in [-0.39, 0.29) is 0 Å². The van der Waals surface area contributed by atoms with Crippen LogP contribution in [0.25, 0.3) is 0 Å². The van der Waals surface area contributed by atoms with Crippen molar-refractivity contribution in [1.29, 1.82) is 0 Å². The molecular formula is C20H27N3O. The summed E-state index contributed by atoms with van der Waals surface area (Å²) in [6, 6.07) is 10.3. The summed E-state index contributed by atoms with van der Waals surface area (Å²) in [5, 5.41) is 8.59. The van der Waals surface area contributed by atoms with Gasteiger partial charge in [-0.3, -0.25) is 0 Å². The van der Waals surface area contributed by atoms with Crippen molar-refractivity contribution in [2.24, 2.45) is 5.92 Å². The molecule has 0 amide bonds. The second-order valence-corrected chi connectivity index (χ2v) is 7.45. The average Bonchev–Trinajstić information content (AvgIpc) is 3.26. The fourth-order valence-corrected chi connectivity index (χ4v) is 4.21. The van der Waals surface area contributed by atoms with Gasteiger partial charge in [0.2, 0.25) is 11.8 Å². The van der Waals surface area contributed by atoms with Gasteiger partial charge < -0.3 is 9.32 Å². The van der Waals surface area contributed by atoms with Gasteiger partial charge in [-0.05, 0) is 37.3 Å². The Hall–Kier alpha value is -1.68. The normalized spacial score (nSPS) is 22.9. The molecule has 2 aromatic rings. The lowest BCUT2D eigenvalue weighted by Crippen LogP contribution is -2.28. The number of rotatable bonds is 5. The van der Waals surface area contributed by atoms with E-state index in [1.54, 1.807) is 0 Å². The second kappa shape index (κ2) is 7.47. The second-order valence-electron chi connectivity index (χ2n) is 7.45. The first-order chi connectivity index (χ1) is 11.9. The van der Waals surface area contributed by atoms with Crippen molar-refractivity contribution in [3.05, 3.63) is 47.7 Å². The van der Waals surface area contributed by atoms with Crippen LogP contribution in [0, 0.1) is 5.92 Å². The number of aromatic nitrogens is 2. The zero-order valence-corrected chi connectivity index (χ0v) is 14.4. The van der Waals surface area contributed by atoms with Gasteiger partial charge in [0.25, 0.3) is 0 Å². The Kier molecular flexibility index (Phi) is 4.93. The van der Waals surface area contributed by atoms with Gasteiger partial charge in [-0.2, -0.15) is 0 Å². The largest absolute Gasteiger partial charge is 0.425 e. The summed E-state index contributed by atoms with van der Waals surface area (Å²) in [6.45, 7) is 3.53. The number of nitrogens with zero attached hydrogens (tertiary/aromatic N) is 3. The maximum absolute atomic E-state index is 5.96. The van der Waals surface area contributed by atoms with Gasteiger partial charge in [0.15, 0.2) is 0 Å². The predicted octanol–water partition coefficient (Wildman–Crippen LogP) is 4.03. The fraction of sp³-hybridized carbons (Fsp3) is 0.600. The summed E-state index contributed by atoms with van der Waals surface area (Å²) >= 11 is 0. The lowest BCUT2D eigenvalue weighted by Gasteiger charge is -2.26. The highest BCUT2D eigenvalue weighted by Crippen LogP contribution is 2.30. The molecule has 1 saturated heterocycles. The Balaban J connectivity index is 1.32. The van der Waals surface area contributed by atoms with Crippen LogP contribution in [0.5, 0.6) is 0 Å². The molecule has 2 aliphatic rings. The van der Waals surface area contributed by atoms with E-state index >= 15 is 0 Å². The molecule has 1 aromatic heterocycles. The Morgan fingerprint density at radius 3 is 2.67 bits per heavy atom. The van der Waals surface area contributed by atoms with Crippen LogP contribution >= 0.6 is 0 Å². The van der Waals surface area contributed by atoms with Crippen LogP contribution in [0.2, 0.25) is 0 Å². The maximum Gasteiger partial charge on any atom is 0.220 e. The van der Waals surface area contributed by atoms with Crippen LogP contribution < -0.4 is 0 Å². The summed E-state index contributed by atoms with van der Waals surface area (Å²) in [4.78, 5) is 2.61. The summed E-state index contributed by atoms with van der Waals surface area (Å²) in [7, 11) is 0. The van der Waals surface area contributed by atoms with Gasteiger partial charge >= 0.3 is 0 Å². The highest BCUT2D eigenvalue weighted by molar-refractivity contribution is 5.17. The van der Waals surface area contributed by atoms with E-state index in [1.165, 1.54) is 50.8 Å². The van der Waals surface area contributed by atoms with Crippen LogP contribution in [0.1, 0.15) is 61.8 Å². The number of likely N-dealkylation sites (tertiary alicyclic amines) is 1. The average molecular weight is 325 g/mol. The van der Waals surface area contributed by atoms with Crippen molar-refractivity contribution in [1.82, 2.24) is 15.1 Å². The van der Waals surface area contributed by atoms with Crippen LogP contribution in [0.4, 0.5) is 0 Å². The minimum Gasteiger partial charge on any atom is -0.425 e. The Morgan fingerprint density at radius 1 is 1.00 bits per heavy atom. The van der Waals surface area contributed by atoms with Crippen LogP contribution in [-0.2, 0) is 6.42 Å². The third-order valence-corrected chi connectivity index (χ3v) is 5.54. The molecule has 128 valence electrons. The summed E-state index contributed by atoms with van der Waals surface area (Å²) < 4.78 is 5.96. The van der Waals surface area contributed by atoms with E-state index in [2.05, 4.69) is 27.2 Å². The monoisotopic (exact) mass is 325 g/mol. The topological polar surface area (TPSA) is 42.2 Å². The van der Waals surface area contributed by atoms with Crippen molar-refractivity contribution in [2.75, 3.05) is 19.6 Å². The van der Waals surface area contributed by atoms with Crippen molar-refractivity contribution >= 4 is 0 Å². The molecule has 0 N–H and O–H groups in total. The first-order valence-electron chi connectivity index (χ1n) is 9.45.